The molecule has 84 valence electrons. The predicted octanol–water partition coefficient (Wildman–Crippen LogP) is -0.149. The van der Waals surface area contributed by atoms with Crippen LogP contribution in [0, 0.1) is 0 Å². The molecule has 0 aliphatic carbocycles. The van der Waals surface area contributed by atoms with E-state index in [0.717, 1.165) is 0 Å². The van der Waals surface area contributed by atoms with E-state index in [4.69, 9.17) is 10.8 Å². The Bertz CT molecular complexity index is 353. The second kappa shape index (κ2) is 2.68. The highest BCUT2D eigenvalue weighted by Crippen LogP contribution is 2.53. The fraction of sp³-hybridized carbons (Fsp3) is 0.778. The molecule has 2 fully saturated rings. The first-order chi connectivity index (χ1) is 6.69. The van der Waals surface area contributed by atoms with Gasteiger partial charge in [0.15, 0.2) is 0 Å². The predicted molar refractivity (Wildman–Crippen MR) is 56.3 cm³/mol. The molecule has 15 heavy (non-hydrogen) atoms. The number of carboxylic acids is 1. The average molecular weight is 230 g/mol. The lowest BCUT2D eigenvalue weighted by molar-refractivity contribution is -0.164. The summed E-state index contributed by atoms with van der Waals surface area (Å²) in [4.78, 5) is 24.2. The quantitative estimate of drug-likeness (QED) is 0.612. The van der Waals surface area contributed by atoms with Gasteiger partial charge in [-0.2, -0.15) is 0 Å². The van der Waals surface area contributed by atoms with Crippen molar-refractivity contribution in [1.82, 2.24) is 4.90 Å². The molecule has 2 saturated heterocycles. The molecular weight excluding hydrogens is 216 g/mol. The summed E-state index contributed by atoms with van der Waals surface area (Å²) in [5, 5.41) is 8.90. The van der Waals surface area contributed by atoms with Crippen LogP contribution < -0.4 is 5.73 Å². The molecule has 3 atom stereocenters. The summed E-state index contributed by atoms with van der Waals surface area (Å²) in [7, 11) is 0. The summed E-state index contributed by atoms with van der Waals surface area (Å²) in [6.07, 6.45) is 0. The molecule has 0 saturated carbocycles. The number of carbonyl (C=O) groups is 2. The van der Waals surface area contributed by atoms with Gasteiger partial charge >= 0.3 is 5.97 Å². The maximum atomic E-state index is 11.7. The number of rotatable bonds is 1. The maximum absolute atomic E-state index is 11.7. The van der Waals surface area contributed by atoms with Gasteiger partial charge in [0.1, 0.15) is 17.0 Å². The van der Waals surface area contributed by atoms with E-state index in [9.17, 15) is 9.59 Å². The van der Waals surface area contributed by atoms with Crippen LogP contribution in [0.5, 0.6) is 0 Å². The SMILES string of the molecule is CC1(C)S[C@H]2N(C(=O)C2(C)N)[C@H]1C(=O)O. The van der Waals surface area contributed by atoms with Crippen molar-refractivity contribution in [2.24, 2.45) is 5.73 Å². The van der Waals surface area contributed by atoms with E-state index in [1.165, 1.54) is 16.7 Å². The summed E-state index contributed by atoms with van der Waals surface area (Å²) < 4.78 is -0.483. The van der Waals surface area contributed by atoms with Crippen molar-refractivity contribution in [3.63, 3.8) is 0 Å². The minimum Gasteiger partial charge on any atom is -0.480 e. The third-order valence-corrected chi connectivity index (χ3v) is 4.82. The maximum Gasteiger partial charge on any atom is 0.327 e. The lowest BCUT2D eigenvalue weighted by Crippen LogP contribution is -2.76. The Balaban J connectivity index is 2.37. The van der Waals surface area contributed by atoms with Gasteiger partial charge in [-0.05, 0) is 20.8 Å². The Morgan fingerprint density at radius 2 is 2.07 bits per heavy atom. The molecule has 1 amide bonds. The van der Waals surface area contributed by atoms with Gasteiger partial charge in [0, 0.05) is 4.75 Å². The Morgan fingerprint density at radius 1 is 1.53 bits per heavy atom. The van der Waals surface area contributed by atoms with Gasteiger partial charge in [0.25, 0.3) is 0 Å². The van der Waals surface area contributed by atoms with Crippen molar-refractivity contribution in [3.8, 4) is 0 Å². The normalized spacial score (nSPS) is 42.4. The van der Waals surface area contributed by atoms with Crippen LogP contribution in [0.2, 0.25) is 0 Å². The minimum atomic E-state index is -0.959. The van der Waals surface area contributed by atoms with Gasteiger partial charge in [0.2, 0.25) is 5.91 Å². The number of fused-ring (bicyclic) bond motifs is 1. The number of carboxylic acid groups (broad SMARTS) is 1. The molecule has 0 bridgehead atoms. The molecule has 2 heterocycles. The van der Waals surface area contributed by atoms with Gasteiger partial charge in [0.05, 0.1) is 0 Å². The minimum absolute atomic E-state index is 0.207. The van der Waals surface area contributed by atoms with Crippen LogP contribution in [-0.2, 0) is 9.59 Å². The number of β-lactam (4-membered cyclic amide) rings is 1. The number of hydrogen-bond acceptors (Lipinski definition) is 4. The molecule has 0 aromatic carbocycles. The highest BCUT2D eigenvalue weighted by Gasteiger charge is 2.68. The summed E-state index contributed by atoms with van der Waals surface area (Å²) >= 11 is 1.46. The number of carbonyl (C=O) groups excluding carboxylic acids is 1. The van der Waals surface area contributed by atoms with Crippen LogP contribution in [0.15, 0.2) is 0 Å². The molecule has 0 aromatic heterocycles. The van der Waals surface area contributed by atoms with Crippen molar-refractivity contribution in [3.05, 3.63) is 0 Å². The van der Waals surface area contributed by atoms with Gasteiger partial charge in [-0.3, -0.25) is 4.79 Å². The summed E-state index contributed by atoms with van der Waals surface area (Å²) in [6.45, 7) is 5.32. The first kappa shape index (κ1) is 10.8. The lowest BCUT2D eigenvalue weighted by atomic mass is 9.87. The molecule has 1 unspecified atom stereocenters. The third kappa shape index (κ3) is 1.15. The second-order valence-corrected chi connectivity index (χ2v) is 6.54. The van der Waals surface area contributed by atoms with Gasteiger partial charge in [-0.1, -0.05) is 0 Å². The summed E-state index contributed by atoms with van der Waals surface area (Å²) in [6, 6.07) is -0.767. The average Bonchev–Trinajstić information content (AvgIpc) is 2.35. The Hall–Kier alpha value is -0.750. The highest BCUT2D eigenvalue weighted by molar-refractivity contribution is 8.01. The monoisotopic (exact) mass is 230 g/mol. The molecule has 3 N–H and O–H groups in total. The van der Waals surface area contributed by atoms with Crippen LogP contribution >= 0.6 is 11.8 Å². The van der Waals surface area contributed by atoms with Crippen molar-refractivity contribution in [2.75, 3.05) is 0 Å². The van der Waals surface area contributed by atoms with E-state index in [2.05, 4.69) is 0 Å². The molecule has 0 radical (unpaired) electrons. The lowest BCUT2D eigenvalue weighted by Gasteiger charge is -2.48. The van der Waals surface area contributed by atoms with Gasteiger partial charge in [-0.25, -0.2) is 4.79 Å². The first-order valence-electron chi connectivity index (χ1n) is 4.72. The fourth-order valence-corrected chi connectivity index (χ4v) is 3.84. The number of nitrogens with zero attached hydrogens (tertiary/aromatic N) is 1. The summed E-state index contributed by atoms with van der Waals surface area (Å²) in [5.74, 6) is -1.23. The van der Waals surface area contributed by atoms with Crippen LogP contribution in [0.4, 0.5) is 0 Å². The number of hydrogen-bond donors (Lipinski definition) is 2. The zero-order chi connectivity index (χ0) is 11.6. The van der Waals surface area contributed by atoms with Crippen LogP contribution in [-0.4, -0.2) is 43.6 Å². The Labute approximate surface area is 92.0 Å². The van der Waals surface area contributed by atoms with E-state index in [-0.39, 0.29) is 11.3 Å². The van der Waals surface area contributed by atoms with Crippen molar-refractivity contribution >= 4 is 23.6 Å². The Kier molecular flexibility index (Phi) is 1.92. The van der Waals surface area contributed by atoms with Crippen molar-refractivity contribution < 1.29 is 14.7 Å². The fourth-order valence-electron chi connectivity index (χ4n) is 2.25. The standard InChI is InChI=1S/C9H14N2O3S/c1-8(2)4(5(12)13)11-6(14)9(3,10)7(11)15-8/h4,7H,10H2,1-3H3,(H,12,13)/t4-,7+,9?/m0/s1. The van der Waals surface area contributed by atoms with Crippen molar-refractivity contribution in [2.45, 2.75) is 42.5 Å². The molecule has 5 nitrogen and oxygen atoms in total. The van der Waals surface area contributed by atoms with Crippen LogP contribution in [0.25, 0.3) is 0 Å². The molecule has 0 aromatic rings. The topological polar surface area (TPSA) is 83.6 Å². The summed E-state index contributed by atoms with van der Waals surface area (Å²) in [5.41, 5.74) is 4.92. The van der Waals surface area contributed by atoms with E-state index in [0.29, 0.717) is 0 Å². The van der Waals surface area contributed by atoms with E-state index < -0.39 is 22.3 Å². The molecule has 6 heteroatoms. The number of nitrogens with two attached hydrogens (primary N) is 1. The zero-order valence-corrected chi connectivity index (χ0v) is 9.67. The molecule has 2 aliphatic rings. The van der Waals surface area contributed by atoms with Gasteiger partial charge < -0.3 is 15.7 Å². The largest absolute Gasteiger partial charge is 0.480 e. The smallest absolute Gasteiger partial charge is 0.327 e. The van der Waals surface area contributed by atoms with Crippen LogP contribution in [0.1, 0.15) is 20.8 Å². The highest BCUT2D eigenvalue weighted by atomic mass is 32.2. The second-order valence-electron chi connectivity index (χ2n) is 4.81. The Morgan fingerprint density at radius 3 is 2.53 bits per heavy atom. The first-order valence-corrected chi connectivity index (χ1v) is 5.60. The molecule has 0 spiro atoms. The van der Waals surface area contributed by atoms with E-state index in [1.54, 1.807) is 6.92 Å². The van der Waals surface area contributed by atoms with Gasteiger partial charge in [-0.15, -0.1) is 11.8 Å². The number of amides is 1. The van der Waals surface area contributed by atoms with Crippen molar-refractivity contribution in [1.29, 1.82) is 0 Å². The molecular formula is C9H14N2O3S. The molecule has 2 rings (SSSR count). The van der Waals surface area contributed by atoms with E-state index in [1.807, 2.05) is 13.8 Å². The number of thioether (sulfide) groups is 1. The number of aliphatic carboxylic acids is 1. The van der Waals surface area contributed by atoms with Crippen LogP contribution in [0.3, 0.4) is 0 Å². The van der Waals surface area contributed by atoms with E-state index >= 15 is 0 Å². The zero-order valence-electron chi connectivity index (χ0n) is 8.85. The third-order valence-electron chi connectivity index (χ3n) is 3.05. The molecule has 2 aliphatic heterocycles.